The van der Waals surface area contributed by atoms with E-state index >= 15 is 0 Å². The highest BCUT2D eigenvalue weighted by molar-refractivity contribution is 5.31. The molecule has 1 unspecified atom stereocenters. The molecule has 1 saturated carbocycles. The third kappa shape index (κ3) is 2.69. The molecule has 1 aliphatic carbocycles. The van der Waals surface area contributed by atoms with Gasteiger partial charge in [0.25, 0.3) is 0 Å². The van der Waals surface area contributed by atoms with E-state index in [4.69, 9.17) is 10.5 Å². The summed E-state index contributed by atoms with van der Waals surface area (Å²) in [4.78, 5) is 0. The van der Waals surface area contributed by atoms with Crippen LogP contribution in [0, 0.1) is 11.8 Å². The van der Waals surface area contributed by atoms with Crippen LogP contribution in [0.2, 0.25) is 0 Å². The van der Waals surface area contributed by atoms with E-state index in [9.17, 15) is 0 Å². The Morgan fingerprint density at radius 2 is 1.67 bits per heavy atom. The monoisotopic (exact) mass is 247 g/mol. The predicted molar refractivity (Wildman–Crippen MR) is 75.7 cm³/mol. The van der Waals surface area contributed by atoms with Gasteiger partial charge in [0.05, 0.1) is 7.11 Å². The van der Waals surface area contributed by atoms with Gasteiger partial charge in [-0.25, -0.2) is 0 Å². The molecule has 1 fully saturated rings. The first-order valence-electron chi connectivity index (χ1n) is 6.97. The summed E-state index contributed by atoms with van der Waals surface area (Å²) in [5, 5.41) is 0. The number of rotatable bonds is 3. The van der Waals surface area contributed by atoms with Gasteiger partial charge in [0.1, 0.15) is 5.75 Å². The lowest BCUT2D eigenvalue weighted by molar-refractivity contribution is 0.193. The van der Waals surface area contributed by atoms with Crippen LogP contribution in [0.4, 0.5) is 0 Å². The van der Waals surface area contributed by atoms with Crippen molar-refractivity contribution in [1.82, 2.24) is 0 Å². The van der Waals surface area contributed by atoms with Crippen molar-refractivity contribution in [1.29, 1.82) is 0 Å². The molecule has 0 aromatic heterocycles. The van der Waals surface area contributed by atoms with E-state index in [-0.39, 0.29) is 5.54 Å². The minimum atomic E-state index is -0.216. The molecule has 0 amide bonds. The second kappa shape index (κ2) is 5.31. The van der Waals surface area contributed by atoms with Gasteiger partial charge in [-0.3, -0.25) is 0 Å². The molecule has 2 N–H and O–H groups in total. The molecule has 0 aliphatic heterocycles. The van der Waals surface area contributed by atoms with Gasteiger partial charge in [-0.15, -0.1) is 0 Å². The van der Waals surface area contributed by atoms with Crippen LogP contribution in [0.5, 0.6) is 5.75 Å². The maximum atomic E-state index is 6.61. The molecule has 18 heavy (non-hydrogen) atoms. The van der Waals surface area contributed by atoms with Gasteiger partial charge in [0.2, 0.25) is 0 Å². The maximum Gasteiger partial charge on any atom is 0.118 e. The molecule has 1 aliphatic rings. The van der Waals surface area contributed by atoms with Crippen LogP contribution in [0.15, 0.2) is 24.3 Å². The van der Waals surface area contributed by atoms with Gasteiger partial charge >= 0.3 is 0 Å². The average Bonchev–Trinajstić information content (AvgIpc) is 2.39. The Morgan fingerprint density at radius 3 is 2.17 bits per heavy atom. The van der Waals surface area contributed by atoms with Gasteiger partial charge in [0.15, 0.2) is 0 Å². The SMILES string of the molecule is COc1ccc(C(C)(N)C2CCC(C)CC2)cc1. The number of nitrogens with two attached hydrogens (primary N) is 1. The molecule has 2 rings (SSSR count). The normalized spacial score (nSPS) is 27.6. The van der Waals surface area contributed by atoms with Gasteiger partial charge < -0.3 is 10.5 Å². The lowest BCUT2D eigenvalue weighted by Crippen LogP contribution is -2.42. The molecule has 0 bridgehead atoms. The Labute approximate surface area is 111 Å². The number of benzene rings is 1. The van der Waals surface area contributed by atoms with Crippen LogP contribution in [0.1, 0.15) is 45.1 Å². The summed E-state index contributed by atoms with van der Waals surface area (Å²) in [6.45, 7) is 4.52. The lowest BCUT2D eigenvalue weighted by atomic mass is 9.70. The number of hydrogen-bond donors (Lipinski definition) is 1. The molecular formula is C16H25NO. The molecule has 1 aromatic rings. The summed E-state index contributed by atoms with van der Waals surface area (Å²) >= 11 is 0. The van der Waals surface area contributed by atoms with E-state index in [2.05, 4.69) is 26.0 Å². The molecule has 2 heteroatoms. The van der Waals surface area contributed by atoms with Crippen LogP contribution in [0.3, 0.4) is 0 Å². The van der Waals surface area contributed by atoms with Crippen LogP contribution in [-0.2, 0) is 5.54 Å². The van der Waals surface area contributed by atoms with Gasteiger partial charge in [-0.1, -0.05) is 31.9 Å². The fourth-order valence-corrected chi connectivity index (χ4v) is 3.05. The minimum Gasteiger partial charge on any atom is -0.497 e. The fraction of sp³-hybridized carbons (Fsp3) is 0.625. The molecule has 100 valence electrons. The second-order valence-corrected chi connectivity index (χ2v) is 5.97. The van der Waals surface area contributed by atoms with E-state index in [1.807, 2.05) is 12.1 Å². The van der Waals surface area contributed by atoms with Crippen molar-refractivity contribution in [3.8, 4) is 5.75 Å². The first-order valence-corrected chi connectivity index (χ1v) is 6.97. The Morgan fingerprint density at radius 1 is 1.11 bits per heavy atom. The third-order valence-corrected chi connectivity index (χ3v) is 4.58. The minimum absolute atomic E-state index is 0.216. The molecule has 1 atom stereocenters. The van der Waals surface area contributed by atoms with E-state index in [0.717, 1.165) is 11.7 Å². The zero-order chi connectivity index (χ0) is 13.2. The number of ether oxygens (including phenoxy) is 1. The highest BCUT2D eigenvalue weighted by Crippen LogP contribution is 2.39. The highest BCUT2D eigenvalue weighted by Gasteiger charge is 2.34. The Balaban J connectivity index is 2.13. The first-order chi connectivity index (χ1) is 8.54. The van der Waals surface area contributed by atoms with Crippen molar-refractivity contribution in [3.05, 3.63) is 29.8 Å². The van der Waals surface area contributed by atoms with Crippen molar-refractivity contribution >= 4 is 0 Å². The van der Waals surface area contributed by atoms with Gasteiger partial charge in [-0.05, 0) is 49.3 Å². The molecule has 0 heterocycles. The third-order valence-electron chi connectivity index (χ3n) is 4.58. The highest BCUT2D eigenvalue weighted by atomic mass is 16.5. The summed E-state index contributed by atoms with van der Waals surface area (Å²) < 4.78 is 5.20. The topological polar surface area (TPSA) is 35.2 Å². The smallest absolute Gasteiger partial charge is 0.118 e. The molecule has 2 nitrogen and oxygen atoms in total. The van der Waals surface area contributed by atoms with Crippen LogP contribution in [0.25, 0.3) is 0 Å². The summed E-state index contributed by atoms with van der Waals surface area (Å²) in [6, 6.07) is 8.23. The molecule has 1 aromatic carbocycles. The Kier molecular flexibility index (Phi) is 3.96. The van der Waals surface area contributed by atoms with Crippen LogP contribution >= 0.6 is 0 Å². The summed E-state index contributed by atoms with van der Waals surface area (Å²) in [5.74, 6) is 2.36. The Bertz CT molecular complexity index is 375. The van der Waals surface area contributed by atoms with Crippen LogP contribution < -0.4 is 10.5 Å². The quantitative estimate of drug-likeness (QED) is 0.884. The molecular weight excluding hydrogens is 222 g/mol. The van der Waals surface area contributed by atoms with E-state index in [1.165, 1.54) is 31.2 Å². The maximum absolute atomic E-state index is 6.61. The van der Waals surface area contributed by atoms with Crippen molar-refractivity contribution in [2.45, 2.75) is 45.1 Å². The zero-order valence-electron chi connectivity index (χ0n) is 11.8. The van der Waals surface area contributed by atoms with Gasteiger partial charge in [0, 0.05) is 5.54 Å². The van der Waals surface area contributed by atoms with Crippen LogP contribution in [-0.4, -0.2) is 7.11 Å². The van der Waals surface area contributed by atoms with Crippen molar-refractivity contribution < 1.29 is 4.74 Å². The Hall–Kier alpha value is -1.02. The van der Waals surface area contributed by atoms with Crippen molar-refractivity contribution in [2.75, 3.05) is 7.11 Å². The summed E-state index contributed by atoms with van der Waals surface area (Å²) in [7, 11) is 1.69. The van der Waals surface area contributed by atoms with Crippen molar-refractivity contribution in [2.24, 2.45) is 17.6 Å². The molecule has 0 radical (unpaired) electrons. The first kappa shape index (κ1) is 13.4. The number of methoxy groups -OCH3 is 1. The van der Waals surface area contributed by atoms with E-state index in [0.29, 0.717) is 5.92 Å². The average molecular weight is 247 g/mol. The molecule has 0 spiro atoms. The largest absolute Gasteiger partial charge is 0.497 e. The second-order valence-electron chi connectivity index (χ2n) is 5.97. The van der Waals surface area contributed by atoms with Gasteiger partial charge in [-0.2, -0.15) is 0 Å². The van der Waals surface area contributed by atoms with E-state index in [1.54, 1.807) is 7.11 Å². The molecule has 0 saturated heterocycles. The number of hydrogen-bond acceptors (Lipinski definition) is 2. The predicted octanol–water partition coefficient (Wildman–Crippen LogP) is 3.70. The van der Waals surface area contributed by atoms with Crippen molar-refractivity contribution in [3.63, 3.8) is 0 Å². The fourth-order valence-electron chi connectivity index (χ4n) is 3.05. The van der Waals surface area contributed by atoms with E-state index < -0.39 is 0 Å². The standard InChI is InChI=1S/C16H25NO/c1-12-4-6-13(7-5-12)16(2,17)14-8-10-15(18-3)11-9-14/h8-13H,4-7,17H2,1-3H3. The summed E-state index contributed by atoms with van der Waals surface area (Å²) in [5.41, 5.74) is 7.62. The zero-order valence-corrected chi connectivity index (χ0v) is 11.8. The summed E-state index contributed by atoms with van der Waals surface area (Å²) in [6.07, 6.45) is 5.13. The lowest BCUT2D eigenvalue weighted by Gasteiger charge is -2.39.